The van der Waals surface area contributed by atoms with Crippen molar-refractivity contribution in [1.82, 2.24) is 19.3 Å². The lowest BCUT2D eigenvalue weighted by Gasteiger charge is -2.18. The molecule has 0 bridgehead atoms. The van der Waals surface area contributed by atoms with Gasteiger partial charge in [0, 0.05) is 31.3 Å². The average Bonchev–Trinajstić information content (AvgIpc) is 3.20. The van der Waals surface area contributed by atoms with Crippen molar-refractivity contribution >= 4 is 17.5 Å². The number of imidazole rings is 1. The molecule has 4 aromatic rings. The molecule has 1 aliphatic heterocycles. The fourth-order valence-electron chi connectivity index (χ4n) is 4.73. The quantitative estimate of drug-likeness (QED) is 0.362. The molecule has 1 aliphatic carbocycles. The maximum absolute atomic E-state index is 15.4. The van der Waals surface area contributed by atoms with Crippen molar-refractivity contribution in [2.75, 3.05) is 4.90 Å². The first-order valence-electron chi connectivity index (χ1n) is 11.0. The first-order chi connectivity index (χ1) is 16.6. The number of nitrogens with zero attached hydrogens (tertiary/aromatic N) is 5. The van der Waals surface area contributed by atoms with Crippen LogP contribution >= 0.6 is 0 Å². The number of benzene rings is 2. The fraction of sp³-hybridized carbons (Fsp3) is 0.240. The minimum Gasteiger partial charge on any atom is -0.294 e. The number of carbonyl (C=O) groups excluding carboxylic acids is 1. The second kappa shape index (κ2) is 7.03. The number of hydrogen-bond donors (Lipinski definition) is 0. The zero-order chi connectivity index (χ0) is 24.7. The lowest BCUT2D eigenvalue weighted by Crippen LogP contribution is -2.31. The molecule has 2 aromatic heterocycles. The van der Waals surface area contributed by atoms with Crippen LogP contribution in [0.4, 0.5) is 29.2 Å². The van der Waals surface area contributed by atoms with E-state index >= 15 is 8.78 Å². The van der Waals surface area contributed by atoms with E-state index in [0.29, 0.717) is 24.1 Å². The van der Waals surface area contributed by atoms with E-state index in [1.54, 1.807) is 34.9 Å². The summed E-state index contributed by atoms with van der Waals surface area (Å²) in [5.74, 6) is -5.22. The molecule has 6 nitrogen and oxygen atoms in total. The Bertz CT molecular complexity index is 1470. The number of fused-ring (bicyclic) bond motifs is 2. The van der Waals surface area contributed by atoms with Gasteiger partial charge in [0.05, 0.1) is 18.1 Å². The minimum atomic E-state index is -3.02. The van der Waals surface area contributed by atoms with Gasteiger partial charge in [0.2, 0.25) is 5.95 Å². The molecule has 2 aliphatic rings. The molecule has 2 aromatic carbocycles. The van der Waals surface area contributed by atoms with Crippen LogP contribution in [0, 0.1) is 11.6 Å². The summed E-state index contributed by atoms with van der Waals surface area (Å²) >= 11 is 0. The van der Waals surface area contributed by atoms with E-state index in [-0.39, 0.29) is 17.1 Å². The molecule has 1 saturated carbocycles. The summed E-state index contributed by atoms with van der Waals surface area (Å²) in [6, 6.07) is 7.39. The molecular weight excluding hydrogens is 462 g/mol. The average molecular weight is 481 g/mol. The van der Waals surface area contributed by atoms with Crippen LogP contribution in [0.2, 0.25) is 0 Å². The Balaban J connectivity index is 1.43. The van der Waals surface area contributed by atoms with E-state index in [1.165, 1.54) is 24.3 Å². The van der Waals surface area contributed by atoms with Crippen LogP contribution in [0.1, 0.15) is 25.3 Å². The third-order valence-electron chi connectivity index (χ3n) is 6.66. The van der Waals surface area contributed by atoms with Gasteiger partial charge in [-0.15, -0.1) is 0 Å². The van der Waals surface area contributed by atoms with Crippen molar-refractivity contribution in [2.45, 2.75) is 31.2 Å². The molecule has 0 atom stereocenters. The van der Waals surface area contributed by atoms with Crippen LogP contribution in [-0.4, -0.2) is 25.2 Å². The highest BCUT2D eigenvalue weighted by Gasteiger charge is 2.62. The Morgan fingerprint density at radius 2 is 1.63 bits per heavy atom. The van der Waals surface area contributed by atoms with Crippen LogP contribution in [0.25, 0.3) is 22.4 Å². The van der Waals surface area contributed by atoms with Crippen molar-refractivity contribution in [1.29, 1.82) is 0 Å². The first-order valence-corrected chi connectivity index (χ1v) is 11.0. The number of hydrogen-bond acceptors (Lipinski definition) is 3. The zero-order valence-electron chi connectivity index (χ0n) is 18.8. The van der Waals surface area contributed by atoms with Gasteiger partial charge in [-0.3, -0.25) is 14.0 Å². The number of anilines is 2. The molecule has 35 heavy (non-hydrogen) atoms. The largest absolute Gasteiger partial charge is 0.294 e. The van der Waals surface area contributed by atoms with Gasteiger partial charge in [-0.05, 0) is 36.1 Å². The molecule has 3 heterocycles. The standard InChI is InChI=1S/C25H19F4N5O/c1-24(28,29)17-5-3-14(4-6-17)15-9-18(26)21(19(27)10-15)33-22(35)25(7-8-25)34-20(12-30-23(33)34)16-11-31-32(2)13-16/h3-6,9-13H,7-8H2,1-2H3. The third-order valence-corrected chi connectivity index (χ3v) is 6.66. The number of amides is 1. The van der Waals surface area contributed by atoms with E-state index in [2.05, 4.69) is 10.1 Å². The molecule has 1 amide bonds. The number of halogens is 4. The van der Waals surface area contributed by atoms with Crippen LogP contribution in [0.3, 0.4) is 0 Å². The molecule has 0 unspecified atom stereocenters. The SMILES string of the molecule is Cn1cc(-c2cnc3n2C2(CC2)C(=O)N3c2c(F)cc(-c3ccc(C(C)(F)F)cc3)cc2F)cn1. The van der Waals surface area contributed by atoms with E-state index in [4.69, 9.17) is 0 Å². The molecule has 178 valence electrons. The molecule has 0 N–H and O–H groups in total. The molecule has 0 saturated heterocycles. The highest BCUT2D eigenvalue weighted by Crippen LogP contribution is 2.56. The number of aryl methyl sites for hydroxylation is 1. The van der Waals surface area contributed by atoms with Crippen LogP contribution in [0.15, 0.2) is 55.0 Å². The van der Waals surface area contributed by atoms with Gasteiger partial charge in [-0.1, -0.05) is 24.3 Å². The Kier molecular flexibility index (Phi) is 4.33. The Hall–Kier alpha value is -3.95. The summed E-state index contributed by atoms with van der Waals surface area (Å²) < 4.78 is 61.1. The number of carbonyl (C=O) groups is 1. The number of rotatable bonds is 4. The lowest BCUT2D eigenvalue weighted by atomic mass is 10.0. The Labute approximate surface area is 197 Å². The third kappa shape index (κ3) is 3.12. The molecular formula is C25H19F4N5O. The number of aromatic nitrogens is 4. The van der Waals surface area contributed by atoms with Crippen molar-refractivity contribution in [3.8, 4) is 22.4 Å². The molecule has 0 radical (unpaired) electrons. The van der Waals surface area contributed by atoms with Gasteiger partial charge < -0.3 is 0 Å². The zero-order valence-corrected chi connectivity index (χ0v) is 18.8. The second-order valence-electron chi connectivity index (χ2n) is 9.11. The van der Waals surface area contributed by atoms with Crippen molar-refractivity contribution in [3.05, 3.63) is 72.2 Å². The Morgan fingerprint density at radius 3 is 2.17 bits per heavy atom. The predicted octanol–water partition coefficient (Wildman–Crippen LogP) is 5.51. The summed E-state index contributed by atoms with van der Waals surface area (Å²) in [5, 5.41) is 4.16. The van der Waals surface area contributed by atoms with Gasteiger partial charge in [0.25, 0.3) is 11.8 Å². The second-order valence-corrected chi connectivity index (χ2v) is 9.11. The molecule has 1 fully saturated rings. The van der Waals surface area contributed by atoms with Gasteiger partial charge in [0.1, 0.15) is 11.2 Å². The van der Waals surface area contributed by atoms with Crippen molar-refractivity contribution < 1.29 is 22.4 Å². The van der Waals surface area contributed by atoms with E-state index in [0.717, 1.165) is 29.5 Å². The van der Waals surface area contributed by atoms with Crippen molar-refractivity contribution in [2.24, 2.45) is 7.05 Å². The minimum absolute atomic E-state index is 0.145. The molecule has 10 heteroatoms. The Morgan fingerprint density at radius 1 is 0.971 bits per heavy atom. The molecule has 1 spiro atoms. The lowest BCUT2D eigenvalue weighted by molar-refractivity contribution is -0.120. The summed E-state index contributed by atoms with van der Waals surface area (Å²) in [5.41, 5.74) is 0.291. The van der Waals surface area contributed by atoms with Crippen LogP contribution in [-0.2, 0) is 23.3 Å². The maximum atomic E-state index is 15.4. The van der Waals surface area contributed by atoms with Gasteiger partial charge in [-0.25, -0.2) is 27.4 Å². The summed E-state index contributed by atoms with van der Waals surface area (Å²) in [7, 11) is 1.77. The topological polar surface area (TPSA) is 56.0 Å². The first kappa shape index (κ1) is 21.6. The van der Waals surface area contributed by atoms with Gasteiger partial charge in [0.15, 0.2) is 11.6 Å². The number of alkyl halides is 2. The normalized spacial score (nSPS) is 16.3. The summed E-state index contributed by atoms with van der Waals surface area (Å²) in [6.45, 7) is 0.777. The predicted molar refractivity (Wildman–Crippen MR) is 120 cm³/mol. The highest BCUT2D eigenvalue weighted by molar-refractivity contribution is 6.10. The fourth-order valence-corrected chi connectivity index (χ4v) is 4.73. The molecule has 6 rings (SSSR count). The van der Waals surface area contributed by atoms with E-state index in [1.807, 2.05) is 0 Å². The van der Waals surface area contributed by atoms with Gasteiger partial charge in [-0.2, -0.15) is 5.10 Å². The van der Waals surface area contributed by atoms with Gasteiger partial charge >= 0.3 is 0 Å². The summed E-state index contributed by atoms with van der Waals surface area (Å²) in [6.07, 6.45) is 6.07. The van der Waals surface area contributed by atoms with Crippen molar-refractivity contribution in [3.63, 3.8) is 0 Å². The van der Waals surface area contributed by atoms with E-state index in [9.17, 15) is 13.6 Å². The maximum Gasteiger partial charge on any atom is 0.270 e. The smallest absolute Gasteiger partial charge is 0.270 e. The monoisotopic (exact) mass is 481 g/mol. The highest BCUT2D eigenvalue weighted by atomic mass is 19.3. The van der Waals surface area contributed by atoms with Crippen LogP contribution in [0.5, 0.6) is 0 Å². The van der Waals surface area contributed by atoms with Crippen LogP contribution < -0.4 is 4.90 Å². The van der Waals surface area contributed by atoms with E-state index < -0.39 is 34.7 Å². The summed E-state index contributed by atoms with van der Waals surface area (Å²) in [4.78, 5) is 18.8.